The second-order valence-electron chi connectivity index (χ2n) is 4.93. The summed E-state index contributed by atoms with van der Waals surface area (Å²) in [6.45, 7) is 1.93. The molecule has 0 spiro atoms. The molecule has 0 saturated heterocycles. The van der Waals surface area contributed by atoms with Crippen LogP contribution in [-0.2, 0) is 0 Å². The molecule has 0 bridgehead atoms. The van der Waals surface area contributed by atoms with Gasteiger partial charge >= 0.3 is 0 Å². The first-order chi connectivity index (χ1) is 11.1. The number of aryl methyl sites for hydroxylation is 1. The molecule has 0 radical (unpaired) electrons. The van der Waals surface area contributed by atoms with Gasteiger partial charge in [0.2, 0.25) is 5.88 Å². The zero-order valence-electron chi connectivity index (χ0n) is 12.2. The molecular formula is C16H13N3O3S. The third-order valence-electron chi connectivity index (χ3n) is 3.27. The van der Waals surface area contributed by atoms with E-state index in [0.717, 1.165) is 5.56 Å². The van der Waals surface area contributed by atoms with E-state index < -0.39 is 11.8 Å². The van der Waals surface area contributed by atoms with Crippen molar-refractivity contribution in [1.29, 1.82) is 0 Å². The van der Waals surface area contributed by atoms with Crippen molar-refractivity contribution in [3.63, 3.8) is 0 Å². The Morgan fingerprint density at radius 3 is 2.57 bits per heavy atom. The number of nitrogens with two attached hydrogens (primary N) is 1. The number of thiophene rings is 1. The van der Waals surface area contributed by atoms with E-state index >= 15 is 0 Å². The van der Waals surface area contributed by atoms with Gasteiger partial charge in [0.05, 0.1) is 0 Å². The summed E-state index contributed by atoms with van der Waals surface area (Å²) in [6, 6.07) is 8.80. The number of rotatable bonds is 4. The fraction of sp³-hybridized carbons (Fsp3) is 0.0625. The van der Waals surface area contributed by atoms with Crippen molar-refractivity contribution in [2.45, 2.75) is 6.92 Å². The van der Waals surface area contributed by atoms with Crippen LogP contribution in [0, 0.1) is 6.92 Å². The van der Waals surface area contributed by atoms with Gasteiger partial charge in [-0.15, -0.1) is 0 Å². The van der Waals surface area contributed by atoms with Crippen molar-refractivity contribution in [2.24, 2.45) is 5.73 Å². The lowest BCUT2D eigenvalue weighted by molar-refractivity contribution is 0.100. The molecule has 2 aromatic heterocycles. The Bertz CT molecular complexity index is 851. The fourth-order valence-electron chi connectivity index (χ4n) is 2.08. The molecule has 0 aliphatic heterocycles. The average molecular weight is 327 g/mol. The Hall–Kier alpha value is -2.93. The number of carbonyl (C=O) groups is 2. The minimum Gasteiger partial charge on any atom is -0.365 e. The third kappa shape index (κ3) is 3.00. The Balaban J connectivity index is 1.93. The third-order valence-corrected chi connectivity index (χ3v) is 3.96. The summed E-state index contributed by atoms with van der Waals surface area (Å²) in [7, 11) is 0. The van der Waals surface area contributed by atoms with Crippen molar-refractivity contribution < 1.29 is 14.1 Å². The first-order valence-electron chi connectivity index (χ1n) is 6.76. The highest BCUT2D eigenvalue weighted by Crippen LogP contribution is 2.30. The standard InChI is InChI=1S/C16H13N3O3S/c1-9-2-4-10(5-3-9)15(21)18-16-12(14(17)20)13(19-22-16)11-6-7-23-8-11/h2-8H,1H3,(H2,17,20)(H,18,21). The number of amides is 2. The predicted octanol–water partition coefficient (Wildman–Crippen LogP) is 3.06. The maximum absolute atomic E-state index is 12.2. The molecule has 3 rings (SSSR count). The van der Waals surface area contributed by atoms with Crippen LogP contribution in [0.25, 0.3) is 11.3 Å². The van der Waals surface area contributed by atoms with Crippen molar-refractivity contribution in [2.75, 3.05) is 5.32 Å². The smallest absolute Gasteiger partial charge is 0.258 e. The second kappa shape index (κ2) is 6.05. The molecule has 23 heavy (non-hydrogen) atoms. The van der Waals surface area contributed by atoms with Crippen LogP contribution in [0.2, 0.25) is 0 Å². The van der Waals surface area contributed by atoms with Crippen molar-refractivity contribution in [1.82, 2.24) is 5.16 Å². The molecule has 0 unspecified atom stereocenters. The van der Waals surface area contributed by atoms with Crippen molar-refractivity contribution in [3.8, 4) is 11.3 Å². The first kappa shape index (κ1) is 15.0. The highest BCUT2D eigenvalue weighted by atomic mass is 32.1. The van der Waals surface area contributed by atoms with Gasteiger partial charge in [-0.25, -0.2) is 0 Å². The van der Waals surface area contributed by atoms with Crippen LogP contribution in [-0.4, -0.2) is 17.0 Å². The summed E-state index contributed by atoms with van der Waals surface area (Å²) in [5.74, 6) is -1.17. The molecule has 0 aliphatic carbocycles. The molecule has 0 saturated carbocycles. The number of benzene rings is 1. The number of aromatic nitrogens is 1. The summed E-state index contributed by atoms with van der Waals surface area (Å²) in [4.78, 5) is 24.0. The first-order valence-corrected chi connectivity index (χ1v) is 7.70. The van der Waals surface area contributed by atoms with Crippen LogP contribution in [0.1, 0.15) is 26.3 Å². The Labute approximate surface area is 135 Å². The maximum atomic E-state index is 12.2. The maximum Gasteiger partial charge on any atom is 0.258 e. The lowest BCUT2D eigenvalue weighted by Gasteiger charge is -2.03. The fourth-order valence-corrected chi connectivity index (χ4v) is 2.72. The lowest BCUT2D eigenvalue weighted by Crippen LogP contribution is -2.17. The van der Waals surface area contributed by atoms with Crippen LogP contribution in [0.4, 0.5) is 5.88 Å². The largest absolute Gasteiger partial charge is 0.365 e. The molecule has 2 amide bonds. The molecule has 0 fully saturated rings. The molecule has 7 heteroatoms. The molecule has 6 nitrogen and oxygen atoms in total. The molecule has 3 N–H and O–H groups in total. The lowest BCUT2D eigenvalue weighted by atomic mass is 10.1. The zero-order chi connectivity index (χ0) is 16.4. The van der Waals surface area contributed by atoms with Gasteiger partial charge in [0.25, 0.3) is 11.8 Å². The zero-order valence-corrected chi connectivity index (χ0v) is 13.0. The number of carbonyl (C=O) groups excluding carboxylic acids is 2. The molecule has 1 aromatic carbocycles. The summed E-state index contributed by atoms with van der Waals surface area (Å²) >= 11 is 1.46. The summed E-state index contributed by atoms with van der Waals surface area (Å²) < 4.78 is 5.12. The van der Waals surface area contributed by atoms with E-state index in [-0.39, 0.29) is 11.4 Å². The minimum absolute atomic E-state index is 0.0516. The molecule has 0 aliphatic rings. The van der Waals surface area contributed by atoms with Gasteiger partial charge in [0.15, 0.2) is 0 Å². The van der Waals surface area contributed by atoms with Gasteiger partial charge in [-0.1, -0.05) is 22.9 Å². The number of primary amides is 1. The molecule has 2 heterocycles. The van der Waals surface area contributed by atoms with E-state index in [1.807, 2.05) is 29.8 Å². The number of hydrogen-bond donors (Lipinski definition) is 2. The monoisotopic (exact) mass is 327 g/mol. The number of nitrogens with one attached hydrogen (secondary N) is 1. The van der Waals surface area contributed by atoms with Gasteiger partial charge in [-0.3, -0.25) is 14.9 Å². The minimum atomic E-state index is -0.716. The highest BCUT2D eigenvalue weighted by molar-refractivity contribution is 7.08. The van der Waals surface area contributed by atoms with Gasteiger partial charge < -0.3 is 10.3 Å². The predicted molar refractivity (Wildman–Crippen MR) is 87.5 cm³/mol. The van der Waals surface area contributed by atoms with E-state index in [1.165, 1.54) is 11.3 Å². The van der Waals surface area contributed by atoms with Gasteiger partial charge in [0, 0.05) is 16.5 Å². The Kier molecular flexibility index (Phi) is 3.94. The average Bonchev–Trinajstić information content (AvgIpc) is 3.16. The second-order valence-corrected chi connectivity index (χ2v) is 5.71. The van der Waals surface area contributed by atoms with Crippen LogP contribution in [0.3, 0.4) is 0 Å². The van der Waals surface area contributed by atoms with Gasteiger partial charge in [-0.2, -0.15) is 11.3 Å². The molecule has 0 atom stereocenters. The quantitative estimate of drug-likeness (QED) is 0.769. The number of anilines is 1. The topological polar surface area (TPSA) is 98.2 Å². The van der Waals surface area contributed by atoms with Crippen molar-refractivity contribution >= 4 is 29.0 Å². The highest BCUT2D eigenvalue weighted by Gasteiger charge is 2.24. The normalized spacial score (nSPS) is 10.5. The van der Waals surface area contributed by atoms with E-state index in [2.05, 4.69) is 10.5 Å². The summed E-state index contributed by atoms with van der Waals surface area (Å²) in [6.07, 6.45) is 0. The van der Waals surface area contributed by atoms with Gasteiger partial charge in [0.1, 0.15) is 11.3 Å². The van der Waals surface area contributed by atoms with Crippen LogP contribution < -0.4 is 11.1 Å². The SMILES string of the molecule is Cc1ccc(C(=O)Nc2onc(-c3ccsc3)c2C(N)=O)cc1. The van der Waals surface area contributed by atoms with E-state index in [4.69, 9.17) is 10.3 Å². The molecule has 3 aromatic rings. The van der Waals surface area contributed by atoms with E-state index in [1.54, 1.807) is 18.2 Å². The number of hydrogen-bond acceptors (Lipinski definition) is 5. The van der Waals surface area contributed by atoms with Gasteiger partial charge in [-0.05, 0) is 30.5 Å². The number of nitrogens with zero attached hydrogens (tertiary/aromatic N) is 1. The van der Waals surface area contributed by atoms with Crippen LogP contribution in [0.15, 0.2) is 45.6 Å². The Morgan fingerprint density at radius 2 is 1.96 bits per heavy atom. The van der Waals surface area contributed by atoms with E-state index in [0.29, 0.717) is 16.8 Å². The summed E-state index contributed by atoms with van der Waals surface area (Å²) in [5, 5.41) is 10.1. The summed E-state index contributed by atoms with van der Waals surface area (Å²) in [5.41, 5.74) is 7.99. The molecular weight excluding hydrogens is 314 g/mol. The van der Waals surface area contributed by atoms with Crippen LogP contribution in [0.5, 0.6) is 0 Å². The molecule has 116 valence electrons. The Morgan fingerprint density at radius 1 is 1.22 bits per heavy atom. The van der Waals surface area contributed by atoms with Crippen LogP contribution >= 0.6 is 11.3 Å². The van der Waals surface area contributed by atoms with E-state index in [9.17, 15) is 9.59 Å². The van der Waals surface area contributed by atoms with Crippen molar-refractivity contribution in [3.05, 3.63) is 57.8 Å².